The molecule has 0 amide bonds. The van der Waals surface area contributed by atoms with Crippen molar-refractivity contribution < 1.29 is 13.0 Å². The van der Waals surface area contributed by atoms with Crippen LogP contribution in [-0.2, 0) is 15.9 Å². The molecule has 1 rings (SSSR count). The molecule has 1 aromatic rings. The zero-order valence-corrected chi connectivity index (χ0v) is 7.50. The van der Waals surface area contributed by atoms with Crippen LogP contribution in [-0.4, -0.2) is 13.0 Å². The van der Waals surface area contributed by atoms with Crippen LogP contribution in [0, 0.1) is 6.92 Å². The van der Waals surface area contributed by atoms with Crippen molar-refractivity contribution in [1.29, 1.82) is 0 Å². The highest BCUT2D eigenvalue weighted by molar-refractivity contribution is 7.85. The fourth-order valence-corrected chi connectivity index (χ4v) is 1.51. The molecule has 1 N–H and O–H groups in total. The van der Waals surface area contributed by atoms with Gasteiger partial charge in [-0.15, -0.1) is 0 Å². The third-order valence-corrected chi connectivity index (χ3v) is 2.17. The van der Waals surface area contributed by atoms with E-state index in [1.807, 2.05) is 6.92 Å². The smallest absolute Gasteiger partial charge is 0.269 e. The van der Waals surface area contributed by atoms with Gasteiger partial charge in [0.15, 0.2) is 0 Å². The van der Waals surface area contributed by atoms with Gasteiger partial charge in [-0.1, -0.05) is 29.8 Å². The average Bonchev–Trinajstić information content (AvgIpc) is 1.91. The first-order valence-electron chi connectivity index (χ1n) is 3.48. The molecule has 0 unspecified atom stereocenters. The summed E-state index contributed by atoms with van der Waals surface area (Å²) in [6.07, 6.45) is 0. The summed E-state index contributed by atoms with van der Waals surface area (Å²) < 4.78 is 29.4. The first kappa shape index (κ1) is 9.22. The molecule has 0 saturated carbocycles. The first-order chi connectivity index (χ1) is 5.47. The molecule has 0 spiro atoms. The van der Waals surface area contributed by atoms with E-state index in [9.17, 15) is 8.42 Å². The van der Waals surface area contributed by atoms with Crippen LogP contribution in [0.5, 0.6) is 0 Å². The van der Waals surface area contributed by atoms with E-state index in [0.717, 1.165) is 5.56 Å². The Morgan fingerprint density at radius 1 is 1.25 bits per heavy atom. The maximum atomic E-state index is 10.4. The second-order valence-corrected chi connectivity index (χ2v) is 4.16. The van der Waals surface area contributed by atoms with Gasteiger partial charge in [0.2, 0.25) is 0 Å². The number of hydrogen-bond donors (Lipinski definition) is 1. The largest absolute Gasteiger partial charge is 0.285 e. The van der Waals surface area contributed by atoms with Gasteiger partial charge in [0.05, 0.1) is 0 Å². The molecular weight excluding hydrogens is 176 g/mol. The Labute approximate surface area is 71.8 Å². The Bertz CT molecular complexity index is 350. The first-order valence-corrected chi connectivity index (χ1v) is 5.09. The van der Waals surface area contributed by atoms with Crippen LogP contribution in [0.25, 0.3) is 0 Å². The number of hydrogen-bond acceptors (Lipinski definition) is 2. The molecule has 1 aromatic carbocycles. The number of aryl methyl sites for hydroxylation is 1. The Morgan fingerprint density at radius 2 is 1.75 bits per heavy atom. The fraction of sp³-hybridized carbons (Fsp3) is 0.250. The van der Waals surface area contributed by atoms with Crippen molar-refractivity contribution in [1.82, 2.24) is 0 Å². The predicted octanol–water partition coefficient (Wildman–Crippen LogP) is 1.38. The summed E-state index contributed by atoms with van der Waals surface area (Å²) in [5, 5.41) is 0. The summed E-state index contributed by atoms with van der Waals surface area (Å²) in [5.74, 6) is -0.312. The van der Waals surface area contributed by atoms with Crippen LogP contribution in [0.1, 0.15) is 11.1 Å². The van der Waals surface area contributed by atoms with Gasteiger partial charge < -0.3 is 0 Å². The standard InChI is InChI=1S/C8H10O3S/c1-7-2-4-8(5-3-7)6-12(9,10)11/h2-5H,6H2,1H3,(H,9,10,11). The summed E-state index contributed by atoms with van der Waals surface area (Å²) in [7, 11) is -3.89. The Hall–Kier alpha value is -0.870. The van der Waals surface area contributed by atoms with Crippen LogP contribution in [0.15, 0.2) is 24.3 Å². The molecule has 66 valence electrons. The molecule has 0 bridgehead atoms. The fourth-order valence-electron chi connectivity index (χ4n) is 0.895. The zero-order chi connectivity index (χ0) is 9.19. The quantitative estimate of drug-likeness (QED) is 0.710. The molecule has 0 aliphatic heterocycles. The van der Waals surface area contributed by atoms with E-state index in [-0.39, 0.29) is 5.75 Å². The van der Waals surface area contributed by atoms with Crippen molar-refractivity contribution >= 4 is 10.1 Å². The van der Waals surface area contributed by atoms with Crippen molar-refractivity contribution in [2.75, 3.05) is 0 Å². The third-order valence-electron chi connectivity index (χ3n) is 1.47. The minimum Gasteiger partial charge on any atom is -0.285 e. The normalized spacial score (nSPS) is 11.5. The second-order valence-electron chi connectivity index (χ2n) is 2.71. The van der Waals surface area contributed by atoms with Crippen LogP contribution in [0.2, 0.25) is 0 Å². The van der Waals surface area contributed by atoms with E-state index in [4.69, 9.17) is 4.55 Å². The van der Waals surface area contributed by atoms with Crippen LogP contribution in [0.3, 0.4) is 0 Å². The molecule has 0 fully saturated rings. The predicted molar refractivity (Wildman–Crippen MR) is 46.4 cm³/mol. The van der Waals surface area contributed by atoms with Crippen molar-refractivity contribution in [2.45, 2.75) is 12.7 Å². The Morgan fingerprint density at radius 3 is 2.17 bits per heavy atom. The molecule has 4 heteroatoms. The summed E-state index contributed by atoms with van der Waals surface area (Å²) in [6, 6.07) is 6.98. The molecule has 0 atom stereocenters. The van der Waals surface area contributed by atoms with E-state index >= 15 is 0 Å². The Balaban J connectivity index is 2.85. The molecule has 0 radical (unpaired) electrons. The summed E-state index contributed by atoms with van der Waals surface area (Å²) >= 11 is 0. The van der Waals surface area contributed by atoms with E-state index < -0.39 is 10.1 Å². The van der Waals surface area contributed by atoms with Gasteiger partial charge in [-0.3, -0.25) is 4.55 Å². The lowest BCUT2D eigenvalue weighted by atomic mass is 10.2. The summed E-state index contributed by atoms with van der Waals surface area (Å²) in [6.45, 7) is 1.91. The molecule has 0 aliphatic carbocycles. The van der Waals surface area contributed by atoms with Crippen LogP contribution >= 0.6 is 0 Å². The van der Waals surface area contributed by atoms with Crippen molar-refractivity contribution in [3.63, 3.8) is 0 Å². The maximum absolute atomic E-state index is 10.4. The van der Waals surface area contributed by atoms with Gasteiger partial charge in [0.1, 0.15) is 5.75 Å². The van der Waals surface area contributed by atoms with Crippen LogP contribution in [0.4, 0.5) is 0 Å². The number of rotatable bonds is 2. The molecule has 0 aliphatic rings. The third kappa shape index (κ3) is 3.02. The topological polar surface area (TPSA) is 54.4 Å². The van der Waals surface area contributed by atoms with Gasteiger partial charge in [0.25, 0.3) is 10.1 Å². The molecule has 0 saturated heterocycles. The van der Waals surface area contributed by atoms with Crippen LogP contribution < -0.4 is 0 Å². The lowest BCUT2D eigenvalue weighted by Gasteiger charge is -1.97. The van der Waals surface area contributed by atoms with Crippen molar-refractivity contribution in [3.05, 3.63) is 35.4 Å². The lowest BCUT2D eigenvalue weighted by molar-refractivity contribution is 0.482. The summed E-state index contributed by atoms with van der Waals surface area (Å²) in [5.41, 5.74) is 1.66. The lowest BCUT2D eigenvalue weighted by Crippen LogP contribution is -2.01. The molecule has 3 nitrogen and oxygen atoms in total. The highest BCUT2D eigenvalue weighted by atomic mass is 32.2. The highest BCUT2D eigenvalue weighted by Gasteiger charge is 2.04. The molecule has 0 heterocycles. The van der Waals surface area contributed by atoms with Crippen molar-refractivity contribution in [3.8, 4) is 0 Å². The minimum absolute atomic E-state index is 0.312. The van der Waals surface area contributed by atoms with E-state index in [1.54, 1.807) is 24.3 Å². The van der Waals surface area contributed by atoms with Gasteiger partial charge >= 0.3 is 0 Å². The van der Waals surface area contributed by atoms with Gasteiger partial charge in [0, 0.05) is 0 Å². The highest BCUT2D eigenvalue weighted by Crippen LogP contribution is 2.06. The average molecular weight is 186 g/mol. The monoisotopic (exact) mass is 186 g/mol. The zero-order valence-electron chi connectivity index (χ0n) is 6.69. The molecular formula is C8H10O3S. The summed E-state index contributed by atoms with van der Waals surface area (Å²) in [4.78, 5) is 0. The Kier molecular flexibility index (Phi) is 2.49. The maximum Gasteiger partial charge on any atom is 0.269 e. The van der Waals surface area contributed by atoms with Gasteiger partial charge in [-0.05, 0) is 12.5 Å². The minimum atomic E-state index is -3.89. The van der Waals surface area contributed by atoms with Crippen molar-refractivity contribution in [2.24, 2.45) is 0 Å². The number of benzene rings is 1. The van der Waals surface area contributed by atoms with E-state index in [0.29, 0.717) is 5.56 Å². The second kappa shape index (κ2) is 3.25. The molecule has 0 aromatic heterocycles. The van der Waals surface area contributed by atoms with E-state index in [2.05, 4.69) is 0 Å². The molecule has 12 heavy (non-hydrogen) atoms. The van der Waals surface area contributed by atoms with E-state index in [1.165, 1.54) is 0 Å². The van der Waals surface area contributed by atoms with Gasteiger partial charge in [-0.2, -0.15) is 8.42 Å². The SMILES string of the molecule is Cc1ccc(CS(=O)(=O)O)cc1. The van der Waals surface area contributed by atoms with Gasteiger partial charge in [-0.25, -0.2) is 0 Å².